The van der Waals surface area contributed by atoms with E-state index in [0.717, 1.165) is 0 Å². The number of anilines is 1. The lowest BCUT2D eigenvalue weighted by Gasteiger charge is -2.02. The summed E-state index contributed by atoms with van der Waals surface area (Å²) in [6, 6.07) is 4.48. The Morgan fingerprint density at radius 2 is 1.85 bits per heavy atom. The number of carbonyl (C=O) groups is 1. The van der Waals surface area contributed by atoms with E-state index in [4.69, 9.17) is 5.73 Å². The van der Waals surface area contributed by atoms with Crippen LogP contribution in [0.3, 0.4) is 0 Å². The molecule has 13 heavy (non-hydrogen) atoms. The smallest absolute Gasteiger partial charge is 0.316 e. The molecule has 0 aromatic heterocycles. The van der Waals surface area contributed by atoms with Crippen LogP contribution in [-0.4, -0.2) is 6.03 Å². The highest BCUT2D eigenvalue weighted by Gasteiger charge is 2.05. The fourth-order valence-electron chi connectivity index (χ4n) is 0.854. The molecule has 0 aliphatic rings. The third-order valence-electron chi connectivity index (χ3n) is 1.43. The van der Waals surface area contributed by atoms with Crippen LogP contribution < -0.4 is 11.1 Å². The minimum Gasteiger partial charge on any atom is -0.351 e. The first-order chi connectivity index (χ1) is 6.09. The molecule has 0 fully saturated rings. The fraction of sp³-hybridized carbons (Fsp3) is 0.125. The van der Waals surface area contributed by atoms with Crippen molar-refractivity contribution < 1.29 is 13.6 Å². The number of nitrogens with two attached hydrogens (primary N) is 1. The second-order valence-electron chi connectivity index (χ2n) is 2.41. The Hall–Kier alpha value is -1.65. The summed E-state index contributed by atoms with van der Waals surface area (Å²) in [6.45, 7) is 0. The largest absolute Gasteiger partial charge is 0.351 e. The highest BCUT2D eigenvalue weighted by molar-refractivity contribution is 5.87. The SMILES string of the molecule is NC(=O)Nc1ccc(C(F)F)cc1. The van der Waals surface area contributed by atoms with Crippen LogP contribution in [-0.2, 0) is 0 Å². The van der Waals surface area contributed by atoms with Crippen molar-refractivity contribution in [2.75, 3.05) is 5.32 Å². The number of primary amides is 1. The van der Waals surface area contributed by atoms with E-state index < -0.39 is 12.5 Å². The second-order valence-corrected chi connectivity index (χ2v) is 2.41. The molecular weight excluding hydrogens is 178 g/mol. The molecule has 3 N–H and O–H groups in total. The summed E-state index contributed by atoms with van der Waals surface area (Å²) in [5.74, 6) is 0. The lowest BCUT2D eigenvalue weighted by atomic mass is 10.2. The second kappa shape index (κ2) is 3.84. The van der Waals surface area contributed by atoms with Crippen molar-refractivity contribution >= 4 is 11.7 Å². The van der Waals surface area contributed by atoms with Gasteiger partial charge in [-0.25, -0.2) is 13.6 Å². The van der Waals surface area contributed by atoms with Crippen LogP contribution in [0.2, 0.25) is 0 Å². The molecule has 0 heterocycles. The molecule has 0 unspecified atom stereocenters. The van der Waals surface area contributed by atoms with Gasteiger partial charge in [-0.2, -0.15) is 0 Å². The number of carbonyl (C=O) groups excluding carboxylic acids is 1. The summed E-state index contributed by atoms with van der Waals surface area (Å²) in [7, 11) is 0. The number of benzene rings is 1. The Bertz CT molecular complexity index is 298. The molecule has 1 aromatic rings. The molecule has 5 heteroatoms. The average molecular weight is 186 g/mol. The van der Waals surface area contributed by atoms with E-state index in [1.54, 1.807) is 0 Å². The Morgan fingerprint density at radius 3 is 2.23 bits per heavy atom. The molecule has 0 atom stereocenters. The predicted octanol–water partition coefficient (Wildman–Crippen LogP) is 2.11. The van der Waals surface area contributed by atoms with E-state index in [2.05, 4.69) is 5.32 Å². The first-order valence-corrected chi connectivity index (χ1v) is 3.54. The minimum absolute atomic E-state index is 0.0879. The van der Waals surface area contributed by atoms with E-state index in [-0.39, 0.29) is 5.56 Å². The van der Waals surface area contributed by atoms with Gasteiger partial charge in [0.1, 0.15) is 0 Å². The number of hydrogen-bond donors (Lipinski definition) is 2. The molecule has 0 radical (unpaired) electrons. The molecule has 2 amide bonds. The van der Waals surface area contributed by atoms with E-state index in [1.807, 2.05) is 0 Å². The highest BCUT2D eigenvalue weighted by Crippen LogP contribution is 2.20. The third-order valence-corrected chi connectivity index (χ3v) is 1.43. The maximum Gasteiger partial charge on any atom is 0.316 e. The molecule has 1 aromatic carbocycles. The van der Waals surface area contributed by atoms with Gasteiger partial charge in [0.05, 0.1) is 0 Å². The van der Waals surface area contributed by atoms with Crippen molar-refractivity contribution in [2.45, 2.75) is 6.43 Å². The van der Waals surface area contributed by atoms with Gasteiger partial charge in [0.25, 0.3) is 6.43 Å². The van der Waals surface area contributed by atoms with Crippen LogP contribution in [0, 0.1) is 0 Å². The predicted molar refractivity (Wildman–Crippen MR) is 44.6 cm³/mol. The zero-order chi connectivity index (χ0) is 9.84. The summed E-state index contributed by atoms with van der Waals surface area (Å²) < 4.78 is 24.1. The zero-order valence-corrected chi connectivity index (χ0v) is 6.63. The molecule has 3 nitrogen and oxygen atoms in total. The van der Waals surface area contributed by atoms with Crippen molar-refractivity contribution in [3.8, 4) is 0 Å². The number of alkyl halides is 2. The number of urea groups is 1. The molecule has 1 rings (SSSR count). The van der Waals surface area contributed by atoms with Crippen LogP contribution in [0.4, 0.5) is 19.3 Å². The quantitative estimate of drug-likeness (QED) is 0.730. The standard InChI is InChI=1S/C8H8F2N2O/c9-7(10)5-1-3-6(4-2-5)12-8(11)13/h1-4,7H,(H3,11,12,13). The van der Waals surface area contributed by atoms with Crippen LogP contribution in [0.1, 0.15) is 12.0 Å². The molecule has 0 saturated heterocycles. The number of hydrogen-bond acceptors (Lipinski definition) is 1. The number of amides is 2. The molecule has 0 bridgehead atoms. The molecular formula is C8H8F2N2O. The summed E-state index contributed by atoms with van der Waals surface area (Å²) in [6.07, 6.45) is -2.50. The molecule has 0 saturated carbocycles. The average Bonchev–Trinajstić information content (AvgIpc) is 2.04. The van der Waals surface area contributed by atoms with E-state index >= 15 is 0 Å². The summed E-state index contributed by atoms with van der Waals surface area (Å²) in [5, 5.41) is 2.26. The Kier molecular flexibility index (Phi) is 2.79. The normalized spacial score (nSPS) is 10.1. The van der Waals surface area contributed by atoms with Gasteiger partial charge in [0.2, 0.25) is 0 Å². The first-order valence-electron chi connectivity index (χ1n) is 3.54. The van der Waals surface area contributed by atoms with Gasteiger partial charge in [-0.15, -0.1) is 0 Å². The Morgan fingerprint density at radius 1 is 1.31 bits per heavy atom. The number of nitrogens with one attached hydrogen (secondary N) is 1. The summed E-state index contributed by atoms with van der Waals surface area (Å²) in [4.78, 5) is 10.4. The van der Waals surface area contributed by atoms with Crippen molar-refractivity contribution in [3.63, 3.8) is 0 Å². The van der Waals surface area contributed by atoms with Crippen molar-refractivity contribution in [2.24, 2.45) is 5.73 Å². The number of rotatable bonds is 2. The Labute approximate surface area is 73.5 Å². The zero-order valence-electron chi connectivity index (χ0n) is 6.63. The van der Waals surface area contributed by atoms with Crippen LogP contribution in [0.5, 0.6) is 0 Å². The highest BCUT2D eigenvalue weighted by atomic mass is 19.3. The lowest BCUT2D eigenvalue weighted by Crippen LogP contribution is -2.19. The van der Waals surface area contributed by atoms with Gasteiger partial charge >= 0.3 is 6.03 Å². The van der Waals surface area contributed by atoms with Crippen LogP contribution >= 0.6 is 0 Å². The fourth-order valence-corrected chi connectivity index (χ4v) is 0.854. The number of halogens is 2. The summed E-state index contributed by atoms with van der Waals surface area (Å²) >= 11 is 0. The maximum absolute atomic E-state index is 12.0. The van der Waals surface area contributed by atoms with Gasteiger partial charge < -0.3 is 11.1 Å². The molecule has 0 aliphatic heterocycles. The monoisotopic (exact) mass is 186 g/mol. The summed E-state index contributed by atoms with van der Waals surface area (Å²) in [5.41, 5.74) is 5.14. The van der Waals surface area contributed by atoms with Crippen molar-refractivity contribution in [3.05, 3.63) is 29.8 Å². The van der Waals surface area contributed by atoms with Gasteiger partial charge in [-0.1, -0.05) is 12.1 Å². The lowest BCUT2D eigenvalue weighted by molar-refractivity contribution is 0.151. The topological polar surface area (TPSA) is 55.1 Å². The van der Waals surface area contributed by atoms with E-state index in [1.165, 1.54) is 24.3 Å². The van der Waals surface area contributed by atoms with Crippen molar-refractivity contribution in [1.82, 2.24) is 0 Å². The third kappa shape index (κ3) is 2.70. The maximum atomic E-state index is 12.0. The van der Waals surface area contributed by atoms with Gasteiger partial charge in [-0.3, -0.25) is 0 Å². The van der Waals surface area contributed by atoms with E-state index in [0.29, 0.717) is 5.69 Å². The molecule has 70 valence electrons. The molecule has 0 aliphatic carbocycles. The van der Waals surface area contributed by atoms with E-state index in [9.17, 15) is 13.6 Å². The van der Waals surface area contributed by atoms with Gasteiger partial charge in [-0.05, 0) is 12.1 Å². The first kappa shape index (κ1) is 9.44. The van der Waals surface area contributed by atoms with Crippen LogP contribution in [0.25, 0.3) is 0 Å². The Balaban J connectivity index is 2.75. The van der Waals surface area contributed by atoms with Crippen LogP contribution in [0.15, 0.2) is 24.3 Å². The van der Waals surface area contributed by atoms with Gasteiger partial charge in [0.15, 0.2) is 0 Å². The van der Waals surface area contributed by atoms with Gasteiger partial charge in [0, 0.05) is 11.3 Å². The van der Waals surface area contributed by atoms with Crippen molar-refractivity contribution in [1.29, 1.82) is 0 Å². The molecule has 0 spiro atoms. The minimum atomic E-state index is -2.50.